The van der Waals surface area contributed by atoms with Gasteiger partial charge >= 0.3 is 0 Å². The standard InChI is InChI=1S/C15H17ClN2O2/c1-9-7-18(8-10(2)20-9)15(19)14-6-11-5-12(16)3-4-13(11)17-14/h3-6,9-10,17H,7-8H2,1-2H3/t9-,10+. The number of amides is 1. The van der Waals surface area contributed by atoms with Crippen molar-refractivity contribution >= 4 is 28.4 Å². The maximum absolute atomic E-state index is 12.6. The molecule has 2 heterocycles. The maximum atomic E-state index is 12.6. The molecule has 1 N–H and O–H groups in total. The monoisotopic (exact) mass is 292 g/mol. The summed E-state index contributed by atoms with van der Waals surface area (Å²) in [6.45, 7) is 5.22. The number of morpholine rings is 1. The van der Waals surface area contributed by atoms with Gasteiger partial charge in [-0.05, 0) is 38.1 Å². The van der Waals surface area contributed by atoms with Gasteiger partial charge in [-0.1, -0.05) is 11.6 Å². The van der Waals surface area contributed by atoms with Crippen molar-refractivity contribution in [2.45, 2.75) is 26.1 Å². The van der Waals surface area contributed by atoms with Crippen LogP contribution in [0.3, 0.4) is 0 Å². The smallest absolute Gasteiger partial charge is 0.270 e. The highest BCUT2D eigenvalue weighted by Crippen LogP contribution is 2.22. The highest BCUT2D eigenvalue weighted by Gasteiger charge is 2.27. The molecule has 1 aliphatic heterocycles. The Labute approximate surface area is 122 Å². The summed E-state index contributed by atoms with van der Waals surface area (Å²) in [5, 5.41) is 1.62. The summed E-state index contributed by atoms with van der Waals surface area (Å²) >= 11 is 5.97. The van der Waals surface area contributed by atoms with Gasteiger partial charge in [0.15, 0.2) is 0 Å². The van der Waals surface area contributed by atoms with Gasteiger partial charge in [-0.3, -0.25) is 4.79 Å². The Morgan fingerprint density at radius 3 is 2.70 bits per heavy atom. The van der Waals surface area contributed by atoms with Crippen molar-refractivity contribution < 1.29 is 9.53 Å². The first-order valence-corrected chi connectivity index (χ1v) is 7.14. The van der Waals surface area contributed by atoms with Gasteiger partial charge in [0.1, 0.15) is 5.69 Å². The number of fused-ring (bicyclic) bond motifs is 1. The Morgan fingerprint density at radius 2 is 2.00 bits per heavy atom. The SMILES string of the molecule is C[C@@H]1CN(C(=O)c2cc3cc(Cl)ccc3[nH]2)C[C@H](C)O1. The van der Waals surface area contributed by atoms with E-state index in [2.05, 4.69) is 4.98 Å². The number of carbonyl (C=O) groups excluding carboxylic acids is 1. The molecule has 0 spiro atoms. The fraction of sp³-hybridized carbons (Fsp3) is 0.400. The first-order valence-electron chi connectivity index (χ1n) is 6.76. The largest absolute Gasteiger partial charge is 0.372 e. The quantitative estimate of drug-likeness (QED) is 0.878. The summed E-state index contributed by atoms with van der Waals surface area (Å²) < 4.78 is 5.66. The molecule has 2 atom stereocenters. The zero-order valence-electron chi connectivity index (χ0n) is 11.5. The van der Waals surface area contributed by atoms with E-state index >= 15 is 0 Å². The van der Waals surface area contributed by atoms with Crippen molar-refractivity contribution in [3.05, 3.63) is 35.0 Å². The minimum absolute atomic E-state index is 0.0133. The number of H-pyrrole nitrogens is 1. The van der Waals surface area contributed by atoms with Crippen LogP contribution in [0.4, 0.5) is 0 Å². The molecule has 1 aliphatic rings. The molecule has 4 nitrogen and oxygen atoms in total. The molecular formula is C15H17ClN2O2. The van der Waals surface area contributed by atoms with Crippen LogP contribution in [0.5, 0.6) is 0 Å². The van der Waals surface area contributed by atoms with E-state index in [0.717, 1.165) is 10.9 Å². The van der Waals surface area contributed by atoms with Gasteiger partial charge in [-0.15, -0.1) is 0 Å². The number of hydrogen-bond donors (Lipinski definition) is 1. The summed E-state index contributed by atoms with van der Waals surface area (Å²) in [5.41, 5.74) is 1.52. The van der Waals surface area contributed by atoms with Gasteiger partial charge in [0.2, 0.25) is 0 Å². The lowest BCUT2D eigenvalue weighted by atomic mass is 10.2. The van der Waals surface area contributed by atoms with Crippen LogP contribution in [-0.4, -0.2) is 41.1 Å². The Kier molecular flexibility index (Phi) is 3.44. The molecule has 0 unspecified atom stereocenters. The highest BCUT2D eigenvalue weighted by atomic mass is 35.5. The van der Waals surface area contributed by atoms with Crippen LogP contribution in [0.2, 0.25) is 5.02 Å². The number of nitrogens with one attached hydrogen (secondary N) is 1. The van der Waals surface area contributed by atoms with Gasteiger partial charge in [0.25, 0.3) is 5.91 Å². The van der Waals surface area contributed by atoms with Crippen LogP contribution in [0.1, 0.15) is 24.3 Å². The average Bonchev–Trinajstić information content (AvgIpc) is 2.79. The van der Waals surface area contributed by atoms with Crippen molar-refractivity contribution in [1.29, 1.82) is 0 Å². The van der Waals surface area contributed by atoms with Crippen molar-refractivity contribution in [2.75, 3.05) is 13.1 Å². The zero-order valence-corrected chi connectivity index (χ0v) is 12.3. The number of ether oxygens (including phenoxy) is 1. The van der Waals surface area contributed by atoms with Crippen molar-refractivity contribution in [1.82, 2.24) is 9.88 Å². The number of aromatic amines is 1. The third-order valence-electron chi connectivity index (χ3n) is 3.52. The van der Waals surface area contributed by atoms with E-state index in [1.165, 1.54) is 0 Å². The molecule has 0 bridgehead atoms. The van der Waals surface area contributed by atoms with E-state index in [4.69, 9.17) is 16.3 Å². The predicted octanol–water partition coefficient (Wildman–Crippen LogP) is 3.07. The highest BCUT2D eigenvalue weighted by molar-refractivity contribution is 6.31. The number of carbonyl (C=O) groups is 1. The molecule has 1 fully saturated rings. The summed E-state index contributed by atoms with van der Waals surface area (Å²) in [6.07, 6.45) is 0.142. The van der Waals surface area contributed by atoms with Gasteiger partial charge in [-0.2, -0.15) is 0 Å². The maximum Gasteiger partial charge on any atom is 0.270 e. The summed E-state index contributed by atoms with van der Waals surface area (Å²) in [6, 6.07) is 7.41. The van der Waals surface area contributed by atoms with E-state index in [0.29, 0.717) is 23.8 Å². The average molecular weight is 293 g/mol. The Hall–Kier alpha value is -1.52. The molecule has 2 aromatic rings. The molecule has 106 valence electrons. The lowest BCUT2D eigenvalue weighted by molar-refractivity contribution is -0.0587. The minimum atomic E-state index is 0.0133. The van der Waals surface area contributed by atoms with E-state index in [9.17, 15) is 4.79 Å². The molecule has 0 saturated carbocycles. The summed E-state index contributed by atoms with van der Waals surface area (Å²) in [4.78, 5) is 17.5. The molecule has 1 aromatic carbocycles. The number of hydrogen-bond acceptors (Lipinski definition) is 2. The normalized spacial score (nSPS) is 23.2. The van der Waals surface area contributed by atoms with Gasteiger partial charge in [0.05, 0.1) is 12.2 Å². The third kappa shape index (κ3) is 2.53. The molecule has 0 radical (unpaired) electrons. The van der Waals surface area contributed by atoms with Crippen LogP contribution in [0.25, 0.3) is 10.9 Å². The summed E-state index contributed by atoms with van der Waals surface area (Å²) in [7, 11) is 0. The van der Waals surface area contributed by atoms with Crippen molar-refractivity contribution in [3.8, 4) is 0 Å². The number of halogens is 1. The number of benzene rings is 1. The van der Waals surface area contributed by atoms with Crippen LogP contribution in [-0.2, 0) is 4.74 Å². The fourth-order valence-corrected chi connectivity index (χ4v) is 2.91. The fourth-order valence-electron chi connectivity index (χ4n) is 2.73. The molecule has 1 saturated heterocycles. The van der Waals surface area contributed by atoms with Crippen LogP contribution >= 0.6 is 11.6 Å². The molecule has 0 aliphatic carbocycles. The first-order chi connectivity index (χ1) is 9.52. The number of nitrogens with zero attached hydrogens (tertiary/aromatic N) is 1. The van der Waals surface area contributed by atoms with Crippen LogP contribution in [0.15, 0.2) is 24.3 Å². The van der Waals surface area contributed by atoms with E-state index in [-0.39, 0.29) is 18.1 Å². The van der Waals surface area contributed by atoms with Gasteiger partial charge in [-0.25, -0.2) is 0 Å². The minimum Gasteiger partial charge on any atom is -0.372 e. The van der Waals surface area contributed by atoms with Crippen LogP contribution < -0.4 is 0 Å². The number of aromatic nitrogens is 1. The predicted molar refractivity (Wildman–Crippen MR) is 79.2 cm³/mol. The molecular weight excluding hydrogens is 276 g/mol. The van der Waals surface area contributed by atoms with E-state index in [1.54, 1.807) is 0 Å². The zero-order chi connectivity index (χ0) is 14.3. The second kappa shape index (κ2) is 5.11. The van der Waals surface area contributed by atoms with E-state index < -0.39 is 0 Å². The lowest BCUT2D eigenvalue weighted by Crippen LogP contribution is -2.48. The van der Waals surface area contributed by atoms with Crippen LogP contribution in [0, 0.1) is 0 Å². The molecule has 1 amide bonds. The van der Waals surface area contributed by atoms with Crippen molar-refractivity contribution in [2.24, 2.45) is 0 Å². The topological polar surface area (TPSA) is 45.3 Å². The molecule has 1 aromatic heterocycles. The second-order valence-electron chi connectivity index (χ2n) is 5.38. The summed E-state index contributed by atoms with van der Waals surface area (Å²) in [5.74, 6) is 0.0133. The first kappa shape index (κ1) is 13.5. The third-order valence-corrected chi connectivity index (χ3v) is 3.76. The van der Waals surface area contributed by atoms with Crippen molar-refractivity contribution in [3.63, 3.8) is 0 Å². The second-order valence-corrected chi connectivity index (χ2v) is 5.82. The molecule has 5 heteroatoms. The van der Waals surface area contributed by atoms with Gasteiger partial charge in [0, 0.05) is 29.0 Å². The molecule has 3 rings (SSSR count). The Bertz CT molecular complexity index is 642. The Morgan fingerprint density at radius 1 is 1.30 bits per heavy atom. The van der Waals surface area contributed by atoms with Gasteiger partial charge < -0.3 is 14.6 Å². The van der Waals surface area contributed by atoms with E-state index in [1.807, 2.05) is 43.0 Å². The number of rotatable bonds is 1. The molecule has 20 heavy (non-hydrogen) atoms. The Balaban J connectivity index is 1.88. The lowest BCUT2D eigenvalue weighted by Gasteiger charge is -2.35.